The van der Waals surface area contributed by atoms with Gasteiger partial charge in [-0.05, 0) is 50.5 Å². The van der Waals surface area contributed by atoms with E-state index in [2.05, 4.69) is 15.3 Å². The largest absolute Gasteiger partial charge is 0.491 e. The molecule has 0 spiro atoms. The minimum atomic E-state index is -0.801. The van der Waals surface area contributed by atoms with Crippen LogP contribution in [0.15, 0.2) is 54.9 Å². The van der Waals surface area contributed by atoms with Gasteiger partial charge in [0, 0.05) is 24.4 Å². The molecule has 0 amide bonds. The summed E-state index contributed by atoms with van der Waals surface area (Å²) in [6, 6.07) is 13.7. The first-order chi connectivity index (χ1) is 15.9. The number of hydrogen-bond acceptors (Lipinski definition) is 8. The Morgan fingerprint density at radius 2 is 1.88 bits per heavy atom. The van der Waals surface area contributed by atoms with Crippen molar-refractivity contribution in [2.75, 3.05) is 44.0 Å². The molecule has 3 aromatic rings. The molecule has 8 nitrogen and oxygen atoms in total. The van der Waals surface area contributed by atoms with Crippen molar-refractivity contribution in [3.8, 4) is 11.8 Å². The van der Waals surface area contributed by atoms with E-state index in [1.54, 1.807) is 30.3 Å². The topological polar surface area (TPSA) is 97.5 Å². The Balaban J connectivity index is 1.71. The van der Waals surface area contributed by atoms with Crippen LogP contribution < -0.4 is 15.0 Å². The fraction of sp³-hybridized carbons (Fsp3) is 0.261. The Hall–Kier alpha value is -3.81. The lowest BCUT2D eigenvalue weighted by Crippen LogP contribution is -2.30. The predicted molar refractivity (Wildman–Crippen MR) is 121 cm³/mol. The van der Waals surface area contributed by atoms with Gasteiger partial charge in [0.2, 0.25) is 0 Å². The molecule has 2 aromatic carbocycles. The van der Waals surface area contributed by atoms with E-state index in [4.69, 9.17) is 4.74 Å². The zero-order valence-electron chi connectivity index (χ0n) is 18.2. The third kappa shape index (κ3) is 6.83. The molecule has 0 radical (unpaired) electrons. The van der Waals surface area contributed by atoms with Crippen molar-refractivity contribution in [2.45, 2.75) is 6.10 Å². The molecule has 0 saturated carbocycles. The fourth-order valence-corrected chi connectivity index (χ4v) is 3.07. The second kappa shape index (κ2) is 11.2. The Morgan fingerprint density at radius 1 is 1.12 bits per heavy atom. The second-order valence-electron chi connectivity index (χ2n) is 7.48. The minimum absolute atomic E-state index is 0.0283. The molecule has 1 aromatic heterocycles. The maximum absolute atomic E-state index is 14.3. The maximum atomic E-state index is 14.3. The summed E-state index contributed by atoms with van der Waals surface area (Å²) in [7, 11) is 3.75. The lowest BCUT2D eigenvalue weighted by molar-refractivity contribution is 0.0831. The number of hydrogen-bond donors (Lipinski definition) is 2. The van der Waals surface area contributed by atoms with Gasteiger partial charge in [-0.15, -0.1) is 0 Å². The number of aliphatic hydroxyl groups excluding tert-OH is 1. The monoisotopic (exact) mass is 454 g/mol. The van der Waals surface area contributed by atoms with Crippen LogP contribution in [0.5, 0.6) is 5.75 Å². The highest BCUT2D eigenvalue weighted by Gasteiger charge is 2.16. The first-order valence-corrected chi connectivity index (χ1v) is 10.1. The van der Waals surface area contributed by atoms with Crippen LogP contribution in [-0.2, 0) is 0 Å². The zero-order valence-corrected chi connectivity index (χ0v) is 18.2. The van der Waals surface area contributed by atoms with E-state index in [-0.39, 0.29) is 24.7 Å². The maximum Gasteiger partial charge on any atom is 0.149 e. The fourth-order valence-electron chi connectivity index (χ4n) is 3.07. The third-order valence-electron chi connectivity index (χ3n) is 4.50. The zero-order chi connectivity index (χ0) is 23.8. The van der Waals surface area contributed by atoms with Gasteiger partial charge in [0.25, 0.3) is 0 Å². The van der Waals surface area contributed by atoms with E-state index < -0.39 is 17.7 Å². The molecule has 10 heteroatoms. The van der Waals surface area contributed by atoms with E-state index in [0.29, 0.717) is 23.8 Å². The SMILES string of the molecule is CN(C)CC(O)COc1ccc(Nc2cc(N(CC#N)c3ccc(F)cc3F)ncn2)cc1. The number of ether oxygens (including phenoxy) is 1. The Labute approximate surface area is 190 Å². The Kier molecular flexibility index (Phi) is 8.07. The molecule has 2 N–H and O–H groups in total. The number of aromatic nitrogens is 2. The Morgan fingerprint density at radius 3 is 2.55 bits per heavy atom. The smallest absolute Gasteiger partial charge is 0.149 e. The average molecular weight is 454 g/mol. The van der Waals surface area contributed by atoms with Gasteiger partial charge in [-0.1, -0.05) is 0 Å². The van der Waals surface area contributed by atoms with Crippen molar-refractivity contribution in [3.63, 3.8) is 0 Å². The number of nitrogens with one attached hydrogen (secondary N) is 1. The number of aliphatic hydroxyl groups is 1. The molecule has 172 valence electrons. The lowest BCUT2D eigenvalue weighted by Gasteiger charge is -2.21. The number of nitrogens with zero attached hydrogens (tertiary/aromatic N) is 5. The van der Waals surface area contributed by atoms with Crippen molar-refractivity contribution in [3.05, 3.63) is 66.5 Å². The number of nitriles is 1. The number of rotatable bonds is 10. The van der Waals surface area contributed by atoms with Crippen molar-refractivity contribution in [2.24, 2.45) is 0 Å². The van der Waals surface area contributed by atoms with Gasteiger partial charge in [-0.25, -0.2) is 18.7 Å². The van der Waals surface area contributed by atoms with E-state index in [0.717, 1.165) is 12.1 Å². The van der Waals surface area contributed by atoms with Gasteiger partial charge >= 0.3 is 0 Å². The van der Waals surface area contributed by atoms with Crippen LogP contribution in [0, 0.1) is 23.0 Å². The summed E-state index contributed by atoms with van der Waals surface area (Å²) in [4.78, 5) is 11.5. The van der Waals surface area contributed by atoms with E-state index in [1.807, 2.05) is 25.1 Å². The number of halogens is 2. The highest BCUT2D eigenvalue weighted by Crippen LogP contribution is 2.28. The van der Waals surface area contributed by atoms with Crippen LogP contribution in [-0.4, -0.2) is 59.9 Å². The predicted octanol–water partition coefficient (Wildman–Crippen LogP) is 3.46. The van der Waals surface area contributed by atoms with Crippen LogP contribution in [0.3, 0.4) is 0 Å². The van der Waals surface area contributed by atoms with Crippen LogP contribution in [0.4, 0.5) is 31.8 Å². The quantitative estimate of drug-likeness (QED) is 0.450. The summed E-state index contributed by atoms with van der Waals surface area (Å²) in [5.41, 5.74) is 0.737. The minimum Gasteiger partial charge on any atom is -0.491 e. The van der Waals surface area contributed by atoms with Crippen LogP contribution in [0.1, 0.15) is 0 Å². The summed E-state index contributed by atoms with van der Waals surface area (Å²) >= 11 is 0. The third-order valence-corrected chi connectivity index (χ3v) is 4.50. The molecular formula is C23H24F2N6O2. The van der Waals surface area contributed by atoms with Crippen molar-refractivity contribution >= 4 is 23.0 Å². The molecule has 0 aliphatic heterocycles. The lowest BCUT2D eigenvalue weighted by atomic mass is 10.2. The standard InChI is InChI=1S/C23H24F2N6O2/c1-30(2)13-18(32)14-33-19-6-4-17(5-7-19)29-22-12-23(28-15-27-22)31(10-9-26)21-8-3-16(24)11-20(21)25/h3-8,11-12,15,18,32H,10,13-14H2,1-2H3,(H,27,28,29). The van der Waals surface area contributed by atoms with Crippen molar-refractivity contribution in [1.29, 1.82) is 5.26 Å². The van der Waals surface area contributed by atoms with E-state index in [9.17, 15) is 19.1 Å². The summed E-state index contributed by atoms with van der Waals surface area (Å²) in [5.74, 6) is -0.217. The van der Waals surface area contributed by atoms with Gasteiger partial charge in [0.05, 0.1) is 11.8 Å². The highest BCUT2D eigenvalue weighted by molar-refractivity contribution is 5.66. The summed E-state index contributed by atoms with van der Waals surface area (Å²) in [5, 5.41) is 22.2. The molecule has 0 bridgehead atoms. The molecule has 1 atom stereocenters. The molecule has 1 heterocycles. The first kappa shape index (κ1) is 23.8. The first-order valence-electron chi connectivity index (χ1n) is 10.1. The van der Waals surface area contributed by atoms with E-state index in [1.165, 1.54) is 17.3 Å². The molecule has 1 unspecified atom stereocenters. The van der Waals surface area contributed by atoms with Gasteiger partial charge in [-0.2, -0.15) is 5.26 Å². The average Bonchev–Trinajstić information content (AvgIpc) is 2.77. The van der Waals surface area contributed by atoms with Crippen LogP contribution >= 0.6 is 0 Å². The molecule has 3 rings (SSSR count). The van der Waals surface area contributed by atoms with Gasteiger partial charge in [0.1, 0.15) is 54.6 Å². The van der Waals surface area contributed by atoms with Crippen LogP contribution in [0.25, 0.3) is 0 Å². The van der Waals surface area contributed by atoms with Crippen LogP contribution in [0.2, 0.25) is 0 Å². The number of benzene rings is 2. The summed E-state index contributed by atoms with van der Waals surface area (Å²) in [6.45, 7) is 0.486. The molecular weight excluding hydrogens is 430 g/mol. The van der Waals surface area contributed by atoms with Gasteiger partial charge in [-0.3, -0.25) is 0 Å². The second-order valence-corrected chi connectivity index (χ2v) is 7.48. The number of likely N-dealkylation sites (N-methyl/N-ethyl adjacent to an activating group) is 1. The molecule has 33 heavy (non-hydrogen) atoms. The molecule has 0 fully saturated rings. The molecule has 0 aliphatic carbocycles. The summed E-state index contributed by atoms with van der Waals surface area (Å²) < 4.78 is 33.2. The molecule has 0 aliphatic rings. The van der Waals surface area contributed by atoms with Gasteiger partial charge in [0.15, 0.2) is 0 Å². The van der Waals surface area contributed by atoms with Gasteiger partial charge < -0.3 is 25.0 Å². The van der Waals surface area contributed by atoms with Crippen molar-refractivity contribution < 1.29 is 18.6 Å². The highest BCUT2D eigenvalue weighted by atomic mass is 19.1. The van der Waals surface area contributed by atoms with E-state index >= 15 is 0 Å². The molecule has 0 saturated heterocycles. The van der Waals surface area contributed by atoms with Crippen molar-refractivity contribution in [1.82, 2.24) is 14.9 Å². The normalized spacial score (nSPS) is 11.7. The summed E-state index contributed by atoms with van der Waals surface area (Å²) in [6.07, 6.45) is 0.687. The Bertz CT molecular complexity index is 1100. The number of anilines is 4.